The lowest BCUT2D eigenvalue weighted by Gasteiger charge is -1.96. The number of carbonyl (C=O) groups is 2. The predicted molar refractivity (Wildman–Crippen MR) is 32.5 cm³/mol. The van der Waals surface area contributed by atoms with Gasteiger partial charge in [0.15, 0.2) is 0 Å². The number of hydrogen-bond acceptors (Lipinski definition) is 2. The number of rotatable bonds is 2. The number of carbonyl (C=O) groups excluding carboxylic acids is 2. The third-order valence-electron chi connectivity index (χ3n) is 0.638. The van der Waals surface area contributed by atoms with Gasteiger partial charge in [0.1, 0.15) is 6.29 Å². The van der Waals surface area contributed by atoms with Crippen LogP contribution in [0.25, 0.3) is 0 Å². The molecule has 2 amide bonds. The van der Waals surface area contributed by atoms with Crippen LogP contribution >= 0.6 is 0 Å². The van der Waals surface area contributed by atoms with E-state index in [2.05, 4.69) is 5.32 Å². The molecule has 0 aliphatic carbocycles. The van der Waals surface area contributed by atoms with E-state index < -0.39 is 6.03 Å². The van der Waals surface area contributed by atoms with E-state index in [-0.39, 0.29) is 0 Å². The number of nitrogens with two attached hydrogens (primary N) is 1. The first-order valence-corrected chi connectivity index (χ1v) is 2.35. The van der Waals surface area contributed by atoms with Crippen LogP contribution in [-0.2, 0) is 4.79 Å². The Bertz CT molecular complexity index is 151. The first kappa shape index (κ1) is 7.68. The van der Waals surface area contributed by atoms with Crippen molar-refractivity contribution < 1.29 is 9.59 Å². The molecule has 4 nitrogen and oxygen atoms in total. The summed E-state index contributed by atoms with van der Waals surface area (Å²) in [6.07, 6.45) is 1.79. The summed E-state index contributed by atoms with van der Waals surface area (Å²) >= 11 is 0. The number of urea groups is 1. The summed E-state index contributed by atoms with van der Waals surface area (Å²) in [4.78, 5) is 19.8. The Morgan fingerprint density at radius 3 is 2.56 bits per heavy atom. The molecule has 0 aliphatic heterocycles. The van der Waals surface area contributed by atoms with Crippen LogP contribution in [0.2, 0.25) is 0 Å². The van der Waals surface area contributed by atoms with E-state index in [9.17, 15) is 9.59 Å². The molecule has 0 aromatic rings. The van der Waals surface area contributed by atoms with Gasteiger partial charge in [0.2, 0.25) is 0 Å². The van der Waals surface area contributed by atoms with Gasteiger partial charge in [-0.2, -0.15) is 0 Å². The van der Waals surface area contributed by atoms with Crippen molar-refractivity contribution in [2.24, 2.45) is 5.73 Å². The molecule has 0 aromatic heterocycles. The average molecular weight is 128 g/mol. The Morgan fingerprint density at radius 2 is 2.22 bits per heavy atom. The topological polar surface area (TPSA) is 72.2 Å². The normalized spacial score (nSPS) is 10.6. The van der Waals surface area contributed by atoms with Gasteiger partial charge in [0, 0.05) is 5.70 Å². The molecule has 0 spiro atoms. The number of hydrogen-bond donors (Lipinski definition) is 2. The van der Waals surface area contributed by atoms with Gasteiger partial charge in [-0.25, -0.2) is 4.79 Å². The van der Waals surface area contributed by atoms with Gasteiger partial charge >= 0.3 is 6.03 Å². The molecule has 0 aromatic carbocycles. The number of primary amides is 1. The van der Waals surface area contributed by atoms with E-state index in [1.165, 1.54) is 6.08 Å². The number of aldehydes is 1. The van der Waals surface area contributed by atoms with Crippen LogP contribution in [0.4, 0.5) is 4.79 Å². The van der Waals surface area contributed by atoms with E-state index in [0.29, 0.717) is 12.0 Å². The van der Waals surface area contributed by atoms with Crippen molar-refractivity contribution in [2.75, 3.05) is 0 Å². The highest BCUT2D eigenvalue weighted by Gasteiger charge is 1.89. The second-order valence-electron chi connectivity index (χ2n) is 1.48. The Morgan fingerprint density at radius 1 is 1.67 bits per heavy atom. The fourth-order valence-corrected chi connectivity index (χ4v) is 0.338. The lowest BCUT2D eigenvalue weighted by molar-refractivity contribution is -0.104. The molecule has 0 saturated heterocycles. The van der Waals surface area contributed by atoms with Gasteiger partial charge in [-0.3, -0.25) is 4.79 Å². The highest BCUT2D eigenvalue weighted by molar-refractivity contribution is 5.75. The average Bonchev–Trinajstić information content (AvgIpc) is 1.63. The van der Waals surface area contributed by atoms with Crippen LogP contribution in [0.1, 0.15) is 6.92 Å². The lowest BCUT2D eigenvalue weighted by Crippen LogP contribution is -2.27. The summed E-state index contributed by atoms with van der Waals surface area (Å²) in [6.45, 7) is 1.57. The molecule has 0 rings (SSSR count). The largest absolute Gasteiger partial charge is 0.351 e. The van der Waals surface area contributed by atoms with Crippen molar-refractivity contribution in [3.63, 3.8) is 0 Å². The van der Waals surface area contributed by atoms with Crippen LogP contribution in [-0.4, -0.2) is 12.3 Å². The third kappa shape index (κ3) is 4.53. The molecule has 0 unspecified atom stereocenters. The SMILES string of the molecule is CC(=CC=O)NC(N)=O. The van der Waals surface area contributed by atoms with Crippen molar-refractivity contribution in [1.82, 2.24) is 5.32 Å². The van der Waals surface area contributed by atoms with Crippen molar-refractivity contribution >= 4 is 12.3 Å². The summed E-state index contributed by atoms with van der Waals surface area (Å²) in [5.74, 6) is 0. The molecular weight excluding hydrogens is 120 g/mol. The van der Waals surface area contributed by atoms with Gasteiger partial charge in [-0.1, -0.05) is 0 Å². The van der Waals surface area contributed by atoms with Crippen molar-refractivity contribution in [1.29, 1.82) is 0 Å². The Hall–Kier alpha value is -1.32. The minimum absolute atomic E-state index is 0.442. The maximum atomic E-state index is 10.0. The highest BCUT2D eigenvalue weighted by atomic mass is 16.2. The quantitative estimate of drug-likeness (QED) is 0.398. The summed E-state index contributed by atoms with van der Waals surface area (Å²) in [5.41, 5.74) is 5.16. The molecule has 0 saturated carbocycles. The fraction of sp³-hybridized carbons (Fsp3) is 0.200. The van der Waals surface area contributed by atoms with E-state index in [1.807, 2.05) is 0 Å². The first-order valence-electron chi connectivity index (χ1n) is 2.35. The van der Waals surface area contributed by atoms with Crippen LogP contribution in [0, 0.1) is 0 Å². The van der Waals surface area contributed by atoms with Crippen molar-refractivity contribution in [3.05, 3.63) is 11.8 Å². The maximum absolute atomic E-state index is 10.0. The molecule has 0 atom stereocenters. The standard InChI is InChI=1S/C5H8N2O2/c1-4(2-3-8)7-5(6)9/h2-3H,1H3,(H3,6,7,9). The molecule has 50 valence electrons. The second-order valence-corrected chi connectivity index (χ2v) is 1.48. The molecule has 4 heteroatoms. The molecular formula is C5H8N2O2. The van der Waals surface area contributed by atoms with Gasteiger partial charge < -0.3 is 11.1 Å². The van der Waals surface area contributed by atoms with Gasteiger partial charge in [0.25, 0.3) is 0 Å². The van der Waals surface area contributed by atoms with Gasteiger partial charge in [-0.15, -0.1) is 0 Å². The minimum Gasteiger partial charge on any atom is -0.351 e. The zero-order valence-corrected chi connectivity index (χ0v) is 5.05. The summed E-state index contributed by atoms with van der Waals surface area (Å²) in [5, 5.41) is 2.21. The lowest BCUT2D eigenvalue weighted by atomic mass is 10.4. The summed E-state index contributed by atoms with van der Waals surface area (Å²) in [7, 11) is 0. The smallest absolute Gasteiger partial charge is 0.316 e. The Balaban J connectivity index is 3.75. The highest BCUT2D eigenvalue weighted by Crippen LogP contribution is 1.80. The molecule has 9 heavy (non-hydrogen) atoms. The molecule has 3 N–H and O–H groups in total. The molecule has 0 fully saturated rings. The third-order valence-corrected chi connectivity index (χ3v) is 0.638. The number of amides is 2. The molecule has 0 radical (unpaired) electrons. The Kier molecular flexibility index (Phi) is 3.12. The zero-order chi connectivity index (χ0) is 7.28. The van der Waals surface area contributed by atoms with Crippen LogP contribution < -0.4 is 11.1 Å². The molecule has 0 bridgehead atoms. The maximum Gasteiger partial charge on any atom is 0.316 e. The van der Waals surface area contributed by atoms with Crippen molar-refractivity contribution in [3.8, 4) is 0 Å². The fourth-order valence-electron chi connectivity index (χ4n) is 0.338. The van der Waals surface area contributed by atoms with Crippen molar-refractivity contribution in [2.45, 2.75) is 6.92 Å². The number of allylic oxidation sites excluding steroid dienone is 2. The van der Waals surface area contributed by atoms with Gasteiger partial charge in [-0.05, 0) is 13.0 Å². The second kappa shape index (κ2) is 3.65. The zero-order valence-electron chi connectivity index (χ0n) is 5.05. The van der Waals surface area contributed by atoms with E-state index in [1.54, 1.807) is 6.92 Å². The Labute approximate surface area is 52.7 Å². The van der Waals surface area contributed by atoms with E-state index in [4.69, 9.17) is 5.73 Å². The first-order chi connectivity index (χ1) is 4.16. The monoisotopic (exact) mass is 128 g/mol. The van der Waals surface area contributed by atoms with E-state index >= 15 is 0 Å². The van der Waals surface area contributed by atoms with Gasteiger partial charge in [0.05, 0.1) is 0 Å². The van der Waals surface area contributed by atoms with E-state index in [0.717, 1.165) is 0 Å². The summed E-state index contributed by atoms with van der Waals surface area (Å²) < 4.78 is 0. The summed E-state index contributed by atoms with van der Waals surface area (Å²) in [6, 6.07) is -0.661. The molecule has 0 heterocycles. The minimum atomic E-state index is -0.661. The van der Waals surface area contributed by atoms with Crippen LogP contribution in [0.5, 0.6) is 0 Å². The van der Waals surface area contributed by atoms with Crippen LogP contribution in [0.15, 0.2) is 11.8 Å². The molecule has 0 aliphatic rings. The number of nitrogens with one attached hydrogen (secondary N) is 1. The predicted octanol–water partition coefficient (Wildman–Crippen LogP) is -0.243. The van der Waals surface area contributed by atoms with Crippen LogP contribution in [0.3, 0.4) is 0 Å².